The number of hydrogen-bond acceptors (Lipinski definition) is 5. The number of fused-ring (bicyclic) bond motifs is 1. The van der Waals surface area contributed by atoms with Crippen LogP contribution in [-0.4, -0.2) is 30.4 Å². The van der Waals surface area contributed by atoms with Gasteiger partial charge in [0.15, 0.2) is 0 Å². The highest BCUT2D eigenvalue weighted by atomic mass is 16.3. The SMILES string of the molecule is C[C@]12CC(C=N)=C(NC3=CNCC=C3)C=C1CC[C@@H]2CC(NC(=O)CO)c1ccccc1. The van der Waals surface area contributed by atoms with E-state index in [0.717, 1.165) is 54.8 Å². The van der Waals surface area contributed by atoms with Crippen LogP contribution >= 0.6 is 0 Å². The first-order chi connectivity index (χ1) is 15.5. The fraction of sp³-hybridized carbons (Fsp3) is 0.385. The summed E-state index contributed by atoms with van der Waals surface area (Å²) in [7, 11) is 0. The van der Waals surface area contributed by atoms with Crippen molar-refractivity contribution in [2.24, 2.45) is 11.3 Å². The number of nitrogens with one attached hydrogen (secondary N) is 4. The predicted molar refractivity (Wildman–Crippen MR) is 127 cm³/mol. The van der Waals surface area contributed by atoms with E-state index in [0.29, 0.717) is 5.92 Å². The zero-order valence-corrected chi connectivity index (χ0v) is 18.5. The molecule has 0 bridgehead atoms. The molecule has 2 aliphatic carbocycles. The Hall–Kier alpha value is -3.12. The summed E-state index contributed by atoms with van der Waals surface area (Å²) in [4.78, 5) is 12.0. The van der Waals surface area contributed by atoms with E-state index in [1.807, 2.05) is 36.5 Å². The van der Waals surface area contributed by atoms with Crippen LogP contribution in [0.2, 0.25) is 0 Å². The molecule has 6 heteroatoms. The summed E-state index contributed by atoms with van der Waals surface area (Å²) in [5.41, 5.74) is 5.41. The second-order valence-electron chi connectivity index (χ2n) is 9.04. The van der Waals surface area contributed by atoms with Crippen molar-refractivity contribution < 1.29 is 9.90 Å². The van der Waals surface area contributed by atoms with Crippen LogP contribution in [0.4, 0.5) is 0 Å². The Morgan fingerprint density at radius 3 is 2.88 bits per heavy atom. The molecule has 168 valence electrons. The first-order valence-electron chi connectivity index (χ1n) is 11.3. The minimum absolute atomic E-state index is 0.0515. The van der Waals surface area contributed by atoms with Gasteiger partial charge in [-0.3, -0.25) is 4.79 Å². The molecule has 1 aromatic carbocycles. The summed E-state index contributed by atoms with van der Waals surface area (Å²) >= 11 is 0. The Morgan fingerprint density at radius 2 is 2.19 bits per heavy atom. The first kappa shape index (κ1) is 22.1. The summed E-state index contributed by atoms with van der Waals surface area (Å²) in [5, 5.41) is 27.0. The molecule has 0 radical (unpaired) electrons. The quantitative estimate of drug-likeness (QED) is 0.407. The third kappa shape index (κ3) is 4.55. The molecule has 6 nitrogen and oxygen atoms in total. The average molecular weight is 433 g/mol. The molecular weight excluding hydrogens is 400 g/mol. The summed E-state index contributed by atoms with van der Waals surface area (Å²) in [6, 6.07) is 9.84. The number of carbonyl (C=O) groups excluding carboxylic acids is 1. The van der Waals surface area contributed by atoms with E-state index in [-0.39, 0.29) is 17.4 Å². The van der Waals surface area contributed by atoms with Crippen LogP contribution in [0.5, 0.6) is 0 Å². The maximum absolute atomic E-state index is 12.0. The van der Waals surface area contributed by atoms with Crippen LogP contribution in [-0.2, 0) is 4.79 Å². The second-order valence-corrected chi connectivity index (χ2v) is 9.04. The normalized spacial score (nSPS) is 25.2. The molecule has 1 saturated carbocycles. The molecule has 1 aliphatic heterocycles. The minimum Gasteiger partial charge on any atom is -0.387 e. The molecule has 5 N–H and O–H groups in total. The van der Waals surface area contributed by atoms with E-state index < -0.39 is 6.61 Å². The number of benzene rings is 1. The van der Waals surface area contributed by atoms with Crippen molar-refractivity contribution in [3.05, 3.63) is 82.9 Å². The number of amides is 1. The lowest BCUT2D eigenvalue weighted by Gasteiger charge is -2.39. The van der Waals surface area contributed by atoms with E-state index in [2.05, 4.69) is 41.1 Å². The summed E-state index contributed by atoms with van der Waals surface area (Å²) in [6.45, 7) is 2.62. The monoisotopic (exact) mass is 432 g/mol. The number of aliphatic hydroxyl groups is 1. The lowest BCUT2D eigenvalue weighted by Crippen LogP contribution is -2.35. The van der Waals surface area contributed by atoms with Crippen LogP contribution < -0.4 is 16.0 Å². The van der Waals surface area contributed by atoms with Crippen molar-refractivity contribution in [2.75, 3.05) is 13.2 Å². The highest BCUT2D eigenvalue weighted by Gasteiger charge is 2.45. The molecule has 1 aromatic rings. The molecule has 1 fully saturated rings. The number of carbonyl (C=O) groups is 1. The molecule has 1 heterocycles. The van der Waals surface area contributed by atoms with Gasteiger partial charge in [-0.15, -0.1) is 0 Å². The molecule has 3 aliphatic rings. The smallest absolute Gasteiger partial charge is 0.246 e. The summed E-state index contributed by atoms with van der Waals surface area (Å²) in [5.74, 6) is 0.0142. The number of aliphatic hydroxyl groups excluding tert-OH is 1. The molecule has 0 aromatic heterocycles. The molecule has 0 saturated heterocycles. The molecule has 0 spiro atoms. The largest absolute Gasteiger partial charge is 0.387 e. The first-order valence-corrected chi connectivity index (χ1v) is 11.3. The summed E-state index contributed by atoms with van der Waals surface area (Å²) in [6.07, 6.45) is 13.5. The highest BCUT2D eigenvalue weighted by molar-refractivity contribution is 5.79. The molecule has 4 rings (SSSR count). The third-order valence-corrected chi connectivity index (χ3v) is 7.06. The van der Waals surface area contributed by atoms with Crippen molar-refractivity contribution in [3.8, 4) is 0 Å². The van der Waals surface area contributed by atoms with Crippen molar-refractivity contribution in [1.82, 2.24) is 16.0 Å². The Bertz CT molecular complexity index is 992. The van der Waals surface area contributed by atoms with Gasteiger partial charge in [-0.25, -0.2) is 0 Å². The van der Waals surface area contributed by atoms with Gasteiger partial charge in [0.1, 0.15) is 6.61 Å². The minimum atomic E-state index is -0.509. The number of hydrogen-bond donors (Lipinski definition) is 5. The van der Waals surface area contributed by atoms with E-state index in [4.69, 9.17) is 5.41 Å². The zero-order chi connectivity index (χ0) is 22.6. The van der Waals surface area contributed by atoms with Crippen molar-refractivity contribution in [1.29, 1.82) is 5.41 Å². The van der Waals surface area contributed by atoms with Crippen molar-refractivity contribution >= 4 is 12.1 Å². The van der Waals surface area contributed by atoms with Crippen LogP contribution in [0.15, 0.2) is 77.3 Å². The van der Waals surface area contributed by atoms with Gasteiger partial charge in [-0.05, 0) is 60.3 Å². The van der Waals surface area contributed by atoms with Gasteiger partial charge < -0.3 is 26.5 Å². The van der Waals surface area contributed by atoms with Crippen molar-refractivity contribution in [2.45, 2.75) is 38.6 Å². The maximum atomic E-state index is 12.0. The van der Waals surface area contributed by atoms with E-state index >= 15 is 0 Å². The Labute approximate surface area is 189 Å². The second kappa shape index (κ2) is 9.57. The van der Waals surface area contributed by atoms with E-state index in [1.165, 1.54) is 11.8 Å². The van der Waals surface area contributed by atoms with E-state index in [1.54, 1.807) is 0 Å². The Kier molecular flexibility index (Phi) is 6.61. The van der Waals surface area contributed by atoms with Gasteiger partial charge in [0.2, 0.25) is 5.91 Å². The van der Waals surface area contributed by atoms with Crippen LogP contribution in [0, 0.1) is 16.7 Å². The highest BCUT2D eigenvalue weighted by Crippen LogP contribution is 2.56. The molecule has 32 heavy (non-hydrogen) atoms. The standard InChI is InChI=1S/C26H32N4O2/c1-26-14-19(15-27)24(29-22-8-5-11-28-16-22)13-21(26)10-9-20(26)12-23(30-25(32)17-31)18-6-3-2-4-7-18/h2-8,13,15-16,20,23,27-29,31H,9-12,14,17H2,1H3,(H,30,32)/t20-,23?,26-/m1/s1. The topological polar surface area (TPSA) is 97.2 Å². The van der Waals surface area contributed by atoms with E-state index in [9.17, 15) is 9.90 Å². The Morgan fingerprint density at radius 1 is 1.38 bits per heavy atom. The zero-order valence-electron chi connectivity index (χ0n) is 18.5. The van der Waals surface area contributed by atoms with Gasteiger partial charge in [-0.2, -0.15) is 0 Å². The fourth-order valence-corrected chi connectivity index (χ4v) is 5.26. The number of rotatable bonds is 8. The lowest BCUT2D eigenvalue weighted by molar-refractivity contribution is -0.124. The molecule has 1 unspecified atom stereocenters. The predicted octanol–water partition coefficient (Wildman–Crippen LogP) is 3.47. The maximum Gasteiger partial charge on any atom is 0.246 e. The van der Waals surface area contributed by atoms with Crippen LogP contribution in [0.25, 0.3) is 0 Å². The molecular formula is C26H32N4O2. The van der Waals surface area contributed by atoms with Gasteiger partial charge >= 0.3 is 0 Å². The van der Waals surface area contributed by atoms with Gasteiger partial charge in [0.05, 0.1) is 11.7 Å². The summed E-state index contributed by atoms with van der Waals surface area (Å²) < 4.78 is 0. The molecule has 1 amide bonds. The van der Waals surface area contributed by atoms with Crippen LogP contribution in [0.3, 0.4) is 0 Å². The third-order valence-electron chi connectivity index (χ3n) is 7.06. The van der Waals surface area contributed by atoms with Gasteiger partial charge in [0.25, 0.3) is 0 Å². The fourth-order valence-electron chi connectivity index (χ4n) is 5.26. The van der Waals surface area contributed by atoms with Gasteiger partial charge in [0, 0.05) is 24.7 Å². The number of allylic oxidation sites excluding steroid dienone is 4. The van der Waals surface area contributed by atoms with Crippen molar-refractivity contribution in [3.63, 3.8) is 0 Å². The van der Waals surface area contributed by atoms with Crippen LogP contribution in [0.1, 0.15) is 44.2 Å². The number of dihydropyridines is 1. The molecule has 3 atom stereocenters. The average Bonchev–Trinajstić information content (AvgIpc) is 3.14. The van der Waals surface area contributed by atoms with Gasteiger partial charge in [-0.1, -0.05) is 48.9 Å². The Balaban J connectivity index is 1.56. The lowest BCUT2D eigenvalue weighted by atomic mass is 9.67.